The number of amides is 2. The zero-order chi connectivity index (χ0) is 27.8. The van der Waals surface area contributed by atoms with Crippen LogP contribution in [0.4, 0.5) is 5.82 Å². The van der Waals surface area contributed by atoms with Crippen LogP contribution in [0.25, 0.3) is 0 Å². The zero-order valence-corrected chi connectivity index (χ0v) is 23.6. The van der Waals surface area contributed by atoms with Crippen molar-refractivity contribution in [2.24, 2.45) is 17.8 Å². The summed E-state index contributed by atoms with van der Waals surface area (Å²) in [4.78, 5) is 39.0. The number of nitrogens with one attached hydrogen (secondary N) is 1. The maximum Gasteiger partial charge on any atom is 0.245 e. The molecule has 3 atom stereocenters. The van der Waals surface area contributed by atoms with E-state index in [4.69, 9.17) is 5.26 Å². The maximum atomic E-state index is 13.9. The van der Waals surface area contributed by atoms with E-state index in [0.717, 1.165) is 38.5 Å². The quantitative estimate of drug-likeness (QED) is 0.542. The van der Waals surface area contributed by atoms with E-state index in [0.29, 0.717) is 18.4 Å². The van der Waals surface area contributed by atoms with Gasteiger partial charge in [-0.1, -0.05) is 62.9 Å². The van der Waals surface area contributed by atoms with E-state index >= 15 is 0 Å². The van der Waals surface area contributed by atoms with Gasteiger partial charge in [-0.25, -0.2) is 9.97 Å². The van der Waals surface area contributed by atoms with Crippen molar-refractivity contribution in [3.63, 3.8) is 0 Å². The number of aromatic nitrogens is 2. The number of benzene rings is 1. The Balaban J connectivity index is 1.57. The molecule has 1 saturated carbocycles. The van der Waals surface area contributed by atoms with Gasteiger partial charge < -0.3 is 10.2 Å². The molecule has 2 unspecified atom stereocenters. The number of hydrogen-bond acceptors (Lipinski definition) is 6. The van der Waals surface area contributed by atoms with Crippen molar-refractivity contribution in [1.82, 2.24) is 19.8 Å². The molecule has 2 aromatic rings. The van der Waals surface area contributed by atoms with E-state index in [-0.39, 0.29) is 41.5 Å². The lowest BCUT2D eigenvalue weighted by Crippen LogP contribution is -2.44. The van der Waals surface area contributed by atoms with Gasteiger partial charge in [0, 0.05) is 24.2 Å². The second-order valence-electron chi connectivity index (χ2n) is 11.6. The van der Waals surface area contributed by atoms with Crippen molar-refractivity contribution in [3.8, 4) is 6.07 Å². The van der Waals surface area contributed by atoms with Crippen molar-refractivity contribution in [3.05, 3.63) is 54.0 Å². The van der Waals surface area contributed by atoms with Crippen molar-refractivity contribution in [2.75, 3.05) is 32.5 Å². The highest BCUT2D eigenvalue weighted by Gasteiger charge is 2.37. The maximum absolute atomic E-state index is 13.9. The summed E-state index contributed by atoms with van der Waals surface area (Å²) in [7, 11) is 4.32. The summed E-state index contributed by atoms with van der Waals surface area (Å²) in [5.41, 5.74) is 1.19. The molecular formula is C31H42N6O2. The Morgan fingerprint density at radius 1 is 1.13 bits per heavy atom. The van der Waals surface area contributed by atoms with Crippen LogP contribution in [0.3, 0.4) is 0 Å². The molecule has 1 aromatic heterocycles. The molecule has 1 saturated heterocycles. The third-order valence-corrected chi connectivity index (χ3v) is 8.98. The fourth-order valence-corrected chi connectivity index (χ4v) is 6.41. The molecular weight excluding hydrogens is 488 g/mol. The van der Waals surface area contributed by atoms with Crippen molar-refractivity contribution >= 4 is 17.6 Å². The number of nitriles is 1. The van der Waals surface area contributed by atoms with Crippen molar-refractivity contribution in [1.29, 1.82) is 5.26 Å². The molecule has 2 aliphatic rings. The number of hydrogen-bond donors (Lipinski definition) is 1. The highest BCUT2D eigenvalue weighted by molar-refractivity contribution is 5.94. The normalized spacial score (nSPS) is 24.9. The van der Waals surface area contributed by atoms with Gasteiger partial charge in [0.25, 0.3) is 0 Å². The summed E-state index contributed by atoms with van der Waals surface area (Å²) >= 11 is 0. The summed E-state index contributed by atoms with van der Waals surface area (Å²) in [5, 5.41) is 11.8. The van der Waals surface area contributed by atoms with Crippen LogP contribution in [0.15, 0.2) is 42.6 Å². The van der Waals surface area contributed by atoms with E-state index in [9.17, 15) is 9.59 Å². The van der Waals surface area contributed by atoms with Gasteiger partial charge in [-0.3, -0.25) is 14.5 Å². The standard InChI is InChI=1S/C31H42N6O2/c1-23-25(20-24-10-7-11-24)12-8-16-31(36(2)3,26-13-5-4-6-14-26)17-9-19-37(30(23)39)22-29(38)35-27-15-18-33-28(21-32)34-27/h4-6,13-15,18,23-25H,7-12,16-17,19-20,22H2,1-3H3,(H,33,34,35,38)/t23?,25?,31-/m1/s1. The first-order chi connectivity index (χ1) is 18.8. The fourth-order valence-electron chi connectivity index (χ4n) is 6.41. The number of nitrogens with zero attached hydrogens (tertiary/aromatic N) is 5. The van der Waals surface area contributed by atoms with Gasteiger partial charge in [0.1, 0.15) is 11.9 Å². The monoisotopic (exact) mass is 530 g/mol. The van der Waals surface area contributed by atoms with Crippen LogP contribution in [0.5, 0.6) is 0 Å². The molecule has 0 spiro atoms. The van der Waals surface area contributed by atoms with E-state index < -0.39 is 0 Å². The topological polar surface area (TPSA) is 102 Å². The molecule has 8 nitrogen and oxygen atoms in total. The van der Waals surface area contributed by atoms with E-state index in [2.05, 4.69) is 71.5 Å². The Morgan fingerprint density at radius 3 is 2.54 bits per heavy atom. The minimum atomic E-state index is -0.314. The summed E-state index contributed by atoms with van der Waals surface area (Å²) in [6.07, 6.45) is 11.2. The molecule has 0 radical (unpaired) electrons. The number of anilines is 1. The van der Waals surface area contributed by atoms with Crippen LogP contribution >= 0.6 is 0 Å². The molecule has 1 aliphatic heterocycles. The predicted octanol–water partition coefficient (Wildman–Crippen LogP) is 4.98. The van der Waals surface area contributed by atoms with Gasteiger partial charge in [-0.05, 0) is 69.7 Å². The van der Waals surface area contributed by atoms with Crippen LogP contribution in [0.2, 0.25) is 0 Å². The first kappa shape index (κ1) is 28.7. The summed E-state index contributed by atoms with van der Waals surface area (Å²) in [5.74, 6) is 0.897. The molecule has 2 fully saturated rings. The Hall–Kier alpha value is -3.31. The minimum Gasteiger partial charge on any atom is -0.333 e. The molecule has 1 N–H and O–H groups in total. The smallest absolute Gasteiger partial charge is 0.245 e. The zero-order valence-electron chi connectivity index (χ0n) is 23.6. The minimum absolute atomic E-state index is 0.00693. The summed E-state index contributed by atoms with van der Waals surface area (Å²) < 4.78 is 0. The summed E-state index contributed by atoms with van der Waals surface area (Å²) in [6.45, 7) is 2.54. The van der Waals surface area contributed by atoms with Crippen LogP contribution in [-0.4, -0.2) is 58.8 Å². The molecule has 2 heterocycles. The molecule has 39 heavy (non-hydrogen) atoms. The van der Waals surface area contributed by atoms with Gasteiger partial charge in [0.15, 0.2) is 0 Å². The average Bonchev–Trinajstić information content (AvgIpc) is 2.93. The van der Waals surface area contributed by atoms with Gasteiger partial charge in [-0.15, -0.1) is 0 Å². The van der Waals surface area contributed by atoms with E-state index in [1.807, 2.05) is 6.07 Å². The Morgan fingerprint density at radius 2 is 1.87 bits per heavy atom. The fraction of sp³-hybridized carbons (Fsp3) is 0.581. The molecule has 4 rings (SSSR count). The second kappa shape index (κ2) is 13.2. The second-order valence-corrected chi connectivity index (χ2v) is 11.6. The lowest BCUT2D eigenvalue weighted by Gasteiger charge is -2.41. The largest absolute Gasteiger partial charge is 0.333 e. The molecule has 0 bridgehead atoms. The highest BCUT2D eigenvalue weighted by atomic mass is 16.2. The lowest BCUT2D eigenvalue weighted by atomic mass is 9.73. The predicted molar refractivity (Wildman–Crippen MR) is 151 cm³/mol. The number of rotatable bonds is 7. The average molecular weight is 531 g/mol. The van der Waals surface area contributed by atoms with Gasteiger partial charge in [-0.2, -0.15) is 5.26 Å². The Kier molecular flexibility index (Phi) is 9.68. The van der Waals surface area contributed by atoms with Crippen LogP contribution in [0, 0.1) is 29.1 Å². The number of carbonyl (C=O) groups is 2. The van der Waals surface area contributed by atoms with Gasteiger partial charge in [0.05, 0.1) is 6.54 Å². The molecule has 1 aliphatic carbocycles. The molecule has 208 valence electrons. The first-order valence-corrected chi connectivity index (χ1v) is 14.4. The summed E-state index contributed by atoms with van der Waals surface area (Å²) in [6, 6.07) is 14.2. The van der Waals surface area contributed by atoms with E-state index in [1.54, 1.807) is 11.0 Å². The van der Waals surface area contributed by atoms with Crippen LogP contribution in [0.1, 0.15) is 76.1 Å². The number of carbonyl (C=O) groups excluding carboxylic acids is 2. The first-order valence-electron chi connectivity index (χ1n) is 14.4. The van der Waals surface area contributed by atoms with Crippen LogP contribution < -0.4 is 5.32 Å². The van der Waals surface area contributed by atoms with Gasteiger partial charge >= 0.3 is 0 Å². The molecule has 2 amide bonds. The van der Waals surface area contributed by atoms with Crippen molar-refractivity contribution < 1.29 is 9.59 Å². The Bertz CT molecular complexity index is 1160. The third-order valence-electron chi connectivity index (χ3n) is 8.98. The van der Waals surface area contributed by atoms with Crippen LogP contribution in [-0.2, 0) is 15.1 Å². The third kappa shape index (κ3) is 7.02. The SMILES string of the molecule is CC1C(=O)N(CC(=O)Nc2ccnc(C#N)n2)CCC[C@](c2ccccc2)(N(C)C)CCCC1CC1CCC1. The van der Waals surface area contributed by atoms with E-state index in [1.165, 1.54) is 31.0 Å². The molecule has 8 heteroatoms. The van der Waals surface area contributed by atoms with Crippen molar-refractivity contribution in [2.45, 2.75) is 70.3 Å². The lowest BCUT2D eigenvalue weighted by molar-refractivity contribution is -0.140. The molecule has 1 aromatic carbocycles. The highest BCUT2D eigenvalue weighted by Crippen LogP contribution is 2.41. The Labute approximate surface area is 232 Å². The van der Waals surface area contributed by atoms with Gasteiger partial charge in [0.2, 0.25) is 17.6 Å².